The van der Waals surface area contributed by atoms with Gasteiger partial charge >= 0.3 is 294 Å². The molecule has 0 spiro atoms. The zero-order valence-corrected chi connectivity index (χ0v) is 37.3. The van der Waals surface area contributed by atoms with Gasteiger partial charge < -0.3 is 4.42 Å². The minimum atomic E-state index is 0.571. The van der Waals surface area contributed by atoms with Gasteiger partial charge in [0.25, 0.3) is 0 Å². The zero-order valence-electron chi connectivity index (χ0n) is 35.1. The first-order chi connectivity index (χ1) is 32.7. The second-order valence-corrected chi connectivity index (χ2v) is 17.2. The summed E-state index contributed by atoms with van der Waals surface area (Å²) < 4.78 is 22.6. The molecule has 0 N–H and O–H groups in total. The van der Waals surface area contributed by atoms with Gasteiger partial charge in [-0.05, 0) is 18.2 Å². The average Bonchev–Trinajstić information content (AvgIpc) is 4.13. The van der Waals surface area contributed by atoms with Gasteiger partial charge in [0.15, 0.2) is 0 Å². The predicted octanol–water partition coefficient (Wildman–Crippen LogP) is 14.4. The second kappa shape index (κ2) is 15.5. The monoisotopic (exact) mass is 1030 g/mol. The molecular weight excluding hydrogens is 994 g/mol. The van der Waals surface area contributed by atoms with E-state index in [0.29, 0.717) is 11.5 Å². The van der Waals surface area contributed by atoms with Crippen molar-refractivity contribution in [1.29, 1.82) is 0 Å². The first kappa shape index (κ1) is 38.2. The van der Waals surface area contributed by atoms with Crippen LogP contribution >= 0.6 is 0 Å². The van der Waals surface area contributed by atoms with Gasteiger partial charge in [0.1, 0.15) is 0 Å². The molecule has 13 aromatic rings. The fourth-order valence-corrected chi connectivity index (χ4v) is 10.6. The number of aromatic nitrogens is 5. The third-order valence-electron chi connectivity index (χ3n) is 12.4. The maximum atomic E-state index is 6.69. The fraction of sp³-hybridized carbons (Fsp3) is 0. The first-order valence-electron chi connectivity index (χ1n) is 21.7. The number of furan rings is 1. The summed E-state index contributed by atoms with van der Waals surface area (Å²) in [5.41, 5.74) is 13.3. The standard InChI is InChI=1S/C58H35N5O2.Pt/c1-3-15-39(16-4-1)45-23-14-24-46(40-17-5-2-6-18-40)57(45)61-38-60(53-27-11-12-28-54(53)61)41-19-13-20-43(35-41)65-44-30-31-49-47-21-7-10-26-52(47)63(55(49)36-44)56-32-29-42(37-59-56)62-51-25-9-8-22-48(51)50-33-34-64-58(50)62;/h1-34,37H;/q-2;. The molecule has 13 rings (SSSR count). The van der Waals surface area contributed by atoms with Crippen LogP contribution in [-0.2, 0) is 19.4 Å². The molecule has 0 bridgehead atoms. The van der Waals surface area contributed by atoms with E-state index < -0.39 is 0 Å². The molecule has 7 nitrogen and oxygen atoms in total. The van der Waals surface area contributed by atoms with Crippen molar-refractivity contribution >= 4 is 54.8 Å². The molecule has 0 fully saturated rings. The zero-order chi connectivity index (χ0) is 43.7. The molecule has 0 radical (unpaired) electrons. The van der Waals surface area contributed by atoms with Gasteiger partial charge in [0.05, 0.1) is 23.7 Å². The molecule has 0 amide bonds. The van der Waals surface area contributed by atoms with Crippen LogP contribution in [0.15, 0.2) is 217 Å². The topological polar surface area (TPSA) is 55.0 Å². The number of imidazole rings is 1. The summed E-state index contributed by atoms with van der Waals surface area (Å²) in [6.07, 6.45) is 3.65. The Kier molecular flexibility index (Phi) is 8.96. The Morgan fingerprint density at radius 2 is 1.06 bits per heavy atom. The van der Waals surface area contributed by atoms with E-state index in [0.717, 1.165) is 104 Å². The van der Waals surface area contributed by atoms with Crippen molar-refractivity contribution < 1.29 is 28.5 Å². The summed E-state index contributed by atoms with van der Waals surface area (Å²) in [6, 6.07) is 76.7. The Balaban J connectivity index is 0.907. The average molecular weight is 1030 g/mol. The van der Waals surface area contributed by atoms with Gasteiger partial charge in [0.2, 0.25) is 5.71 Å². The third-order valence-corrected chi connectivity index (χ3v) is 13.4. The molecule has 5 heterocycles. The van der Waals surface area contributed by atoms with E-state index in [-0.39, 0.29) is 0 Å². The number of hydrogen-bond acceptors (Lipinski definition) is 3. The summed E-state index contributed by atoms with van der Waals surface area (Å²) >= 11 is 2.47. The molecule has 0 atom stereocenters. The molecule has 0 saturated heterocycles. The Hall–Kier alpha value is -8.25. The minimum absolute atomic E-state index is 0.571. The van der Waals surface area contributed by atoms with Crippen LogP contribution in [0.3, 0.4) is 0 Å². The SMILES string of the molecule is [Pt]=[c]1n(-c2[c-]c(Oc3[c-]c4c(cc3)c3ccccc3n4-c3ccc(-n4c5ccccc5c5ccoc54)cn3)ccc2)c2ccccc2n1-c1c(-c2ccccc2)cccc1-c1ccccc1. The number of pyridine rings is 1. The van der Waals surface area contributed by atoms with Gasteiger partial charge in [-0.15, -0.1) is 0 Å². The normalized spacial score (nSPS) is 11.7. The van der Waals surface area contributed by atoms with E-state index in [9.17, 15) is 0 Å². The number of ether oxygens (including phenoxy) is 1. The predicted molar refractivity (Wildman–Crippen MR) is 260 cm³/mol. The van der Waals surface area contributed by atoms with Crippen molar-refractivity contribution in [1.82, 2.24) is 23.3 Å². The van der Waals surface area contributed by atoms with E-state index >= 15 is 0 Å². The molecule has 0 aliphatic carbocycles. The van der Waals surface area contributed by atoms with E-state index in [4.69, 9.17) is 14.1 Å². The molecule has 0 saturated carbocycles. The molecule has 5 aromatic heterocycles. The molecule has 8 aromatic carbocycles. The Morgan fingerprint density at radius 1 is 0.455 bits per heavy atom. The Labute approximate surface area is 389 Å². The Morgan fingerprint density at radius 3 is 1.76 bits per heavy atom. The van der Waals surface area contributed by atoms with E-state index in [2.05, 4.69) is 220 Å². The summed E-state index contributed by atoms with van der Waals surface area (Å²) in [5.74, 6) is 1.92. The summed E-state index contributed by atoms with van der Waals surface area (Å²) in [6.45, 7) is 0. The van der Waals surface area contributed by atoms with Crippen LogP contribution in [0.5, 0.6) is 11.5 Å². The molecule has 0 unspecified atom stereocenters. The van der Waals surface area contributed by atoms with Gasteiger partial charge in [0, 0.05) is 10.8 Å². The number of rotatable bonds is 8. The van der Waals surface area contributed by atoms with Crippen LogP contribution in [0.25, 0.3) is 100.0 Å². The number of benzene rings is 8. The number of hydrogen-bond donors (Lipinski definition) is 0. The van der Waals surface area contributed by atoms with E-state index in [1.54, 1.807) is 6.26 Å². The van der Waals surface area contributed by atoms with Gasteiger partial charge in [-0.1, -0.05) is 30.3 Å². The van der Waals surface area contributed by atoms with Crippen molar-refractivity contribution in [3.8, 4) is 56.6 Å². The number of nitrogens with zero attached hydrogens (tertiary/aromatic N) is 5. The summed E-state index contributed by atoms with van der Waals surface area (Å²) in [4.78, 5) is 5.06. The van der Waals surface area contributed by atoms with E-state index in [1.807, 2.05) is 36.5 Å². The van der Waals surface area contributed by atoms with Crippen LogP contribution < -0.4 is 4.74 Å². The quantitative estimate of drug-likeness (QED) is 0.143. The molecule has 0 aliphatic rings. The number of para-hydroxylation sites is 5. The van der Waals surface area contributed by atoms with Crippen LogP contribution in [0.4, 0.5) is 0 Å². The van der Waals surface area contributed by atoms with Crippen molar-refractivity contribution in [2.24, 2.45) is 0 Å². The molecule has 66 heavy (non-hydrogen) atoms. The van der Waals surface area contributed by atoms with Crippen molar-refractivity contribution in [2.75, 3.05) is 0 Å². The van der Waals surface area contributed by atoms with Crippen LogP contribution in [0.2, 0.25) is 0 Å². The summed E-state index contributed by atoms with van der Waals surface area (Å²) in [7, 11) is 0. The second-order valence-electron chi connectivity index (χ2n) is 16.1. The van der Waals surface area contributed by atoms with Gasteiger partial charge in [-0.3, -0.25) is 4.57 Å². The third kappa shape index (κ3) is 6.08. The van der Waals surface area contributed by atoms with Crippen LogP contribution in [0.1, 0.15) is 0 Å². The molecular formula is C58H35N5O2Pt-2. The van der Waals surface area contributed by atoms with Gasteiger partial charge in [-0.2, -0.15) is 0 Å². The fourth-order valence-electron chi connectivity index (χ4n) is 9.54. The molecule has 316 valence electrons. The Bertz CT molecular complexity index is 3990. The number of fused-ring (bicyclic) bond motifs is 7. The van der Waals surface area contributed by atoms with Crippen molar-refractivity contribution in [2.45, 2.75) is 0 Å². The molecule has 8 heteroatoms. The van der Waals surface area contributed by atoms with Crippen molar-refractivity contribution in [3.63, 3.8) is 0 Å². The maximum absolute atomic E-state index is 6.69. The van der Waals surface area contributed by atoms with Crippen LogP contribution in [0, 0.1) is 15.9 Å². The molecule has 0 aliphatic heterocycles. The van der Waals surface area contributed by atoms with E-state index in [1.165, 1.54) is 0 Å². The van der Waals surface area contributed by atoms with Gasteiger partial charge in [-0.25, -0.2) is 0 Å². The van der Waals surface area contributed by atoms with Crippen LogP contribution in [-0.4, -0.2) is 23.3 Å². The van der Waals surface area contributed by atoms with Crippen molar-refractivity contribution in [3.05, 3.63) is 229 Å². The first-order valence-corrected chi connectivity index (χ1v) is 22.8. The summed E-state index contributed by atoms with van der Waals surface area (Å²) in [5, 5.41) is 4.37.